The maximum absolute atomic E-state index is 9.77. The van der Waals surface area contributed by atoms with Gasteiger partial charge in [0, 0.05) is 24.8 Å². The van der Waals surface area contributed by atoms with Crippen molar-refractivity contribution in [3.63, 3.8) is 0 Å². The molecule has 16 heavy (non-hydrogen) atoms. The first kappa shape index (κ1) is 12.1. The number of rotatable bonds is 3. The van der Waals surface area contributed by atoms with Gasteiger partial charge in [-0.15, -0.1) is 0 Å². The van der Waals surface area contributed by atoms with Crippen LogP contribution < -0.4 is 0 Å². The molecule has 2 aromatic rings. The molecule has 0 fully saturated rings. The summed E-state index contributed by atoms with van der Waals surface area (Å²) >= 11 is 0. The van der Waals surface area contributed by atoms with Crippen molar-refractivity contribution in [3.05, 3.63) is 36.4 Å². The first-order chi connectivity index (χ1) is 7.72. The molecule has 0 aromatic carbocycles. The zero-order chi connectivity index (χ0) is 11.8. The highest BCUT2D eigenvalue weighted by molar-refractivity contribution is 5.68. The lowest BCUT2D eigenvalue weighted by Gasteiger charge is -2.04. The lowest BCUT2D eigenvalue weighted by molar-refractivity contribution is 0.111. The monoisotopic (exact) mass is 221 g/mol. The average molecular weight is 221 g/mol. The number of H-pyrrole nitrogens is 2. The summed E-state index contributed by atoms with van der Waals surface area (Å²) in [4.78, 5) is 25.1. The third kappa shape index (κ3) is 4.52. The second-order valence-electron chi connectivity index (χ2n) is 3.37. The van der Waals surface area contributed by atoms with Crippen molar-refractivity contribution in [2.24, 2.45) is 0 Å². The van der Waals surface area contributed by atoms with Crippen LogP contribution in [0, 0.1) is 0 Å². The fourth-order valence-electron chi connectivity index (χ4n) is 1.03. The largest absolute Gasteiger partial charge is 0.348 e. The molecule has 0 saturated heterocycles. The molecule has 2 rings (SSSR count). The number of imidazole rings is 2. The molecule has 6 heteroatoms. The standard InChI is InChI=1S/C6H11N3.C4H4N2O/c1-9(2)5-6-7-3-4-8-6;7-3-4-5-1-2-6-4/h3-4H,5H2,1-2H3,(H,7,8);1-3H,(H,5,6). The van der Waals surface area contributed by atoms with Gasteiger partial charge in [0.1, 0.15) is 5.82 Å². The normalized spacial score (nSPS) is 9.69. The number of hydrogen-bond acceptors (Lipinski definition) is 4. The van der Waals surface area contributed by atoms with Gasteiger partial charge in [0.05, 0.1) is 6.54 Å². The van der Waals surface area contributed by atoms with Crippen LogP contribution >= 0.6 is 0 Å². The first-order valence-electron chi connectivity index (χ1n) is 4.80. The Morgan fingerprint density at radius 1 is 1.25 bits per heavy atom. The van der Waals surface area contributed by atoms with Crippen molar-refractivity contribution >= 4 is 6.29 Å². The molecule has 0 spiro atoms. The second-order valence-corrected chi connectivity index (χ2v) is 3.37. The van der Waals surface area contributed by atoms with Crippen LogP contribution in [-0.2, 0) is 6.54 Å². The van der Waals surface area contributed by atoms with E-state index in [-0.39, 0.29) is 0 Å². The molecule has 0 bridgehead atoms. The number of aromatic nitrogens is 4. The molecule has 0 saturated carbocycles. The summed E-state index contributed by atoms with van der Waals surface area (Å²) in [5.41, 5.74) is 0. The van der Waals surface area contributed by atoms with Crippen LogP contribution in [0.2, 0.25) is 0 Å². The van der Waals surface area contributed by atoms with Gasteiger partial charge in [0.2, 0.25) is 0 Å². The second kappa shape index (κ2) is 6.52. The van der Waals surface area contributed by atoms with Gasteiger partial charge in [-0.1, -0.05) is 0 Å². The third-order valence-electron chi connectivity index (χ3n) is 1.65. The van der Waals surface area contributed by atoms with E-state index in [0.717, 1.165) is 12.4 Å². The van der Waals surface area contributed by atoms with Crippen LogP contribution in [-0.4, -0.2) is 45.2 Å². The number of aromatic amines is 2. The molecule has 2 N–H and O–H groups in total. The quantitative estimate of drug-likeness (QED) is 0.748. The SMILES string of the molecule is CN(C)Cc1ncc[nH]1.O=Cc1ncc[nH]1. The van der Waals surface area contributed by atoms with Crippen molar-refractivity contribution in [1.29, 1.82) is 0 Å². The average Bonchev–Trinajstić information content (AvgIpc) is 2.88. The molecule has 0 aliphatic carbocycles. The van der Waals surface area contributed by atoms with Crippen LogP contribution in [0.15, 0.2) is 24.8 Å². The molecular weight excluding hydrogens is 206 g/mol. The molecule has 0 atom stereocenters. The Labute approximate surface area is 93.7 Å². The Hall–Kier alpha value is -1.95. The van der Waals surface area contributed by atoms with Crippen molar-refractivity contribution in [2.75, 3.05) is 14.1 Å². The van der Waals surface area contributed by atoms with Crippen LogP contribution in [0.5, 0.6) is 0 Å². The zero-order valence-electron chi connectivity index (χ0n) is 9.34. The number of aldehydes is 1. The van der Waals surface area contributed by atoms with Crippen molar-refractivity contribution in [3.8, 4) is 0 Å². The Morgan fingerprint density at radius 3 is 2.31 bits per heavy atom. The minimum absolute atomic E-state index is 0.375. The predicted octanol–water partition coefficient (Wildman–Crippen LogP) is 0.693. The fraction of sp³-hybridized carbons (Fsp3) is 0.300. The lowest BCUT2D eigenvalue weighted by atomic mass is 10.6. The summed E-state index contributed by atoms with van der Waals surface area (Å²) in [6.07, 6.45) is 7.39. The van der Waals surface area contributed by atoms with Gasteiger partial charge >= 0.3 is 0 Å². The smallest absolute Gasteiger partial charge is 0.185 e. The van der Waals surface area contributed by atoms with Crippen molar-refractivity contribution < 1.29 is 4.79 Å². The van der Waals surface area contributed by atoms with E-state index in [0.29, 0.717) is 12.1 Å². The summed E-state index contributed by atoms with van der Waals surface area (Å²) in [5, 5.41) is 0. The molecule has 0 aliphatic heterocycles. The maximum atomic E-state index is 9.77. The van der Waals surface area contributed by atoms with E-state index < -0.39 is 0 Å². The highest BCUT2D eigenvalue weighted by Crippen LogP contribution is 1.90. The highest BCUT2D eigenvalue weighted by Gasteiger charge is 1.93. The Balaban J connectivity index is 0.000000165. The highest BCUT2D eigenvalue weighted by atomic mass is 16.1. The van der Waals surface area contributed by atoms with Gasteiger partial charge in [-0.05, 0) is 14.1 Å². The van der Waals surface area contributed by atoms with E-state index >= 15 is 0 Å². The topological polar surface area (TPSA) is 77.7 Å². The Bertz CT molecular complexity index is 379. The van der Waals surface area contributed by atoms with Gasteiger partial charge in [-0.2, -0.15) is 0 Å². The first-order valence-corrected chi connectivity index (χ1v) is 4.80. The summed E-state index contributed by atoms with van der Waals surface area (Å²) in [6, 6.07) is 0. The van der Waals surface area contributed by atoms with Gasteiger partial charge in [-0.3, -0.25) is 4.79 Å². The summed E-state index contributed by atoms with van der Waals surface area (Å²) < 4.78 is 0. The van der Waals surface area contributed by atoms with Gasteiger partial charge < -0.3 is 14.9 Å². The Morgan fingerprint density at radius 2 is 1.94 bits per heavy atom. The summed E-state index contributed by atoms with van der Waals surface area (Å²) in [5.74, 6) is 1.39. The van der Waals surface area contributed by atoms with E-state index in [1.165, 1.54) is 6.20 Å². The molecular formula is C10H15N5O. The van der Waals surface area contributed by atoms with Gasteiger partial charge in [0.25, 0.3) is 0 Å². The number of nitrogens with zero attached hydrogens (tertiary/aromatic N) is 3. The lowest BCUT2D eigenvalue weighted by Crippen LogP contribution is -2.11. The van der Waals surface area contributed by atoms with E-state index in [2.05, 4.69) is 24.8 Å². The van der Waals surface area contributed by atoms with Crippen molar-refractivity contribution in [2.45, 2.75) is 6.54 Å². The third-order valence-corrected chi connectivity index (χ3v) is 1.65. The minimum atomic E-state index is 0.375. The summed E-state index contributed by atoms with van der Waals surface area (Å²) in [6.45, 7) is 0.882. The van der Waals surface area contributed by atoms with Crippen LogP contribution in [0.3, 0.4) is 0 Å². The molecule has 2 heterocycles. The van der Waals surface area contributed by atoms with Crippen LogP contribution in [0.25, 0.3) is 0 Å². The Kier molecular flexibility index (Phi) is 4.94. The van der Waals surface area contributed by atoms with Crippen LogP contribution in [0.4, 0.5) is 0 Å². The molecule has 0 aliphatic rings. The van der Waals surface area contributed by atoms with Crippen molar-refractivity contribution in [1.82, 2.24) is 24.8 Å². The molecule has 0 radical (unpaired) electrons. The minimum Gasteiger partial charge on any atom is -0.348 e. The zero-order valence-corrected chi connectivity index (χ0v) is 9.34. The van der Waals surface area contributed by atoms with Gasteiger partial charge in [-0.25, -0.2) is 9.97 Å². The molecule has 0 unspecified atom stereocenters. The molecule has 0 amide bonds. The summed E-state index contributed by atoms with van der Waals surface area (Å²) in [7, 11) is 4.03. The fourth-order valence-corrected chi connectivity index (χ4v) is 1.03. The number of carbonyl (C=O) groups excluding carboxylic acids is 1. The predicted molar refractivity (Wildman–Crippen MR) is 60.0 cm³/mol. The number of nitrogens with one attached hydrogen (secondary N) is 2. The van der Waals surface area contributed by atoms with Crippen LogP contribution in [0.1, 0.15) is 16.4 Å². The molecule has 6 nitrogen and oxygen atoms in total. The molecule has 86 valence electrons. The molecule has 2 aromatic heterocycles. The van der Waals surface area contributed by atoms with E-state index in [1.807, 2.05) is 20.3 Å². The number of hydrogen-bond donors (Lipinski definition) is 2. The van der Waals surface area contributed by atoms with Gasteiger partial charge in [0.15, 0.2) is 12.1 Å². The van der Waals surface area contributed by atoms with E-state index in [4.69, 9.17) is 0 Å². The number of carbonyl (C=O) groups is 1. The van der Waals surface area contributed by atoms with E-state index in [9.17, 15) is 4.79 Å². The maximum Gasteiger partial charge on any atom is 0.185 e. The van der Waals surface area contributed by atoms with E-state index in [1.54, 1.807) is 12.4 Å².